The molecule has 1 aliphatic rings. The zero-order valence-electron chi connectivity index (χ0n) is 12.9. The highest BCUT2D eigenvalue weighted by Gasteiger charge is 2.28. The van der Waals surface area contributed by atoms with Crippen LogP contribution in [0.4, 0.5) is 14.9 Å². The maximum Gasteiger partial charge on any atom is 0.322 e. The van der Waals surface area contributed by atoms with E-state index >= 15 is 0 Å². The van der Waals surface area contributed by atoms with Crippen molar-refractivity contribution in [3.8, 4) is 0 Å². The Bertz CT molecular complexity index is 725. The van der Waals surface area contributed by atoms with Crippen LogP contribution in [-0.4, -0.2) is 22.4 Å². The molecule has 0 fully saturated rings. The summed E-state index contributed by atoms with van der Waals surface area (Å²) in [6, 6.07) is 4.49. The number of halogens is 1. The summed E-state index contributed by atoms with van der Waals surface area (Å²) in [7, 11) is 1.85. The number of nitrogens with zero attached hydrogens (tertiary/aromatic N) is 3. The van der Waals surface area contributed by atoms with Crippen molar-refractivity contribution in [2.75, 3.05) is 11.4 Å². The summed E-state index contributed by atoms with van der Waals surface area (Å²) in [5.41, 5.74) is 3.15. The third kappa shape index (κ3) is 2.45. The molecule has 0 spiro atoms. The van der Waals surface area contributed by atoms with Crippen molar-refractivity contribution < 1.29 is 9.18 Å². The Labute approximate surface area is 128 Å². The van der Waals surface area contributed by atoms with Crippen LogP contribution in [0.5, 0.6) is 0 Å². The van der Waals surface area contributed by atoms with Crippen LogP contribution in [0.2, 0.25) is 0 Å². The van der Waals surface area contributed by atoms with Crippen molar-refractivity contribution in [2.45, 2.75) is 26.3 Å². The molecule has 0 bridgehead atoms. The largest absolute Gasteiger partial charge is 0.331 e. The molecule has 0 saturated carbocycles. The molecule has 2 amide bonds. The van der Waals surface area contributed by atoms with Gasteiger partial charge in [-0.3, -0.25) is 9.58 Å². The molecule has 5 nitrogen and oxygen atoms in total. The Kier molecular flexibility index (Phi) is 3.60. The molecule has 0 saturated heterocycles. The Morgan fingerprint density at radius 3 is 2.91 bits per heavy atom. The van der Waals surface area contributed by atoms with Crippen molar-refractivity contribution in [3.05, 3.63) is 47.0 Å². The Morgan fingerprint density at radius 1 is 1.45 bits per heavy atom. The van der Waals surface area contributed by atoms with Crippen LogP contribution in [0.1, 0.15) is 29.8 Å². The lowest BCUT2D eigenvalue weighted by atomic mass is 10.1. The van der Waals surface area contributed by atoms with E-state index in [1.165, 1.54) is 6.07 Å². The van der Waals surface area contributed by atoms with Gasteiger partial charge in [-0.1, -0.05) is 6.07 Å². The van der Waals surface area contributed by atoms with Crippen molar-refractivity contribution in [2.24, 2.45) is 7.05 Å². The lowest BCUT2D eigenvalue weighted by Crippen LogP contribution is -2.40. The van der Waals surface area contributed by atoms with Gasteiger partial charge in [-0.25, -0.2) is 9.18 Å². The van der Waals surface area contributed by atoms with E-state index < -0.39 is 0 Å². The van der Waals surface area contributed by atoms with Crippen molar-refractivity contribution in [1.82, 2.24) is 15.1 Å². The molecule has 1 N–H and O–H groups in total. The fourth-order valence-corrected chi connectivity index (χ4v) is 2.99. The third-order valence-electron chi connectivity index (χ3n) is 4.07. The molecule has 1 unspecified atom stereocenters. The predicted molar refractivity (Wildman–Crippen MR) is 82.3 cm³/mol. The minimum absolute atomic E-state index is 0.154. The van der Waals surface area contributed by atoms with E-state index in [1.54, 1.807) is 21.7 Å². The van der Waals surface area contributed by atoms with Gasteiger partial charge < -0.3 is 5.32 Å². The number of urea groups is 1. The number of amides is 2. The Hall–Kier alpha value is -2.37. The van der Waals surface area contributed by atoms with Crippen molar-refractivity contribution >= 4 is 11.7 Å². The number of benzene rings is 1. The van der Waals surface area contributed by atoms with E-state index in [0.717, 1.165) is 11.3 Å². The molecular formula is C16H19FN4O. The summed E-state index contributed by atoms with van der Waals surface area (Å²) in [4.78, 5) is 14.1. The molecule has 2 heterocycles. The van der Waals surface area contributed by atoms with E-state index in [-0.39, 0.29) is 17.9 Å². The fraction of sp³-hybridized carbons (Fsp3) is 0.375. The maximum absolute atomic E-state index is 13.7. The number of hydrogen-bond donors (Lipinski definition) is 1. The summed E-state index contributed by atoms with van der Waals surface area (Å²) >= 11 is 0. The van der Waals surface area contributed by atoms with Gasteiger partial charge in [0.05, 0.1) is 17.4 Å². The van der Waals surface area contributed by atoms with Gasteiger partial charge in [-0.05, 0) is 32.4 Å². The minimum atomic E-state index is -0.246. The minimum Gasteiger partial charge on any atom is -0.331 e. The summed E-state index contributed by atoms with van der Waals surface area (Å²) in [5.74, 6) is -0.246. The maximum atomic E-state index is 13.7. The Morgan fingerprint density at radius 2 is 2.23 bits per heavy atom. The quantitative estimate of drug-likeness (QED) is 0.927. The van der Waals surface area contributed by atoms with Crippen LogP contribution in [0, 0.1) is 12.7 Å². The van der Waals surface area contributed by atoms with E-state index in [2.05, 4.69) is 10.4 Å². The average Bonchev–Trinajstić information content (AvgIpc) is 3.03. The number of fused-ring (bicyclic) bond motifs is 1. The number of rotatable bonds is 2. The highest BCUT2D eigenvalue weighted by Crippen LogP contribution is 2.30. The first-order valence-corrected chi connectivity index (χ1v) is 7.33. The number of carbonyl (C=O) groups is 1. The molecule has 1 atom stereocenters. The number of anilines is 1. The van der Waals surface area contributed by atoms with Crippen molar-refractivity contribution in [3.63, 3.8) is 0 Å². The SMILES string of the molecule is Cc1nn(C)cc1C(C)NC(=O)N1CCc2c(F)cccc21. The first-order chi connectivity index (χ1) is 10.5. The molecule has 2 aromatic rings. The van der Waals surface area contributed by atoms with Crippen LogP contribution >= 0.6 is 0 Å². The first-order valence-electron chi connectivity index (χ1n) is 7.33. The third-order valence-corrected chi connectivity index (χ3v) is 4.07. The van der Waals surface area contributed by atoms with Gasteiger partial charge in [0.25, 0.3) is 0 Å². The second kappa shape index (κ2) is 5.44. The molecule has 0 radical (unpaired) electrons. The van der Waals surface area contributed by atoms with Crippen LogP contribution in [0.15, 0.2) is 24.4 Å². The molecule has 1 aromatic heterocycles. The number of nitrogens with one attached hydrogen (secondary N) is 1. The number of aryl methyl sites for hydroxylation is 2. The second-order valence-corrected chi connectivity index (χ2v) is 5.65. The molecule has 3 rings (SSSR count). The number of carbonyl (C=O) groups excluding carboxylic acids is 1. The van der Waals surface area contributed by atoms with E-state index in [1.807, 2.05) is 27.1 Å². The lowest BCUT2D eigenvalue weighted by molar-refractivity contribution is 0.244. The number of hydrogen-bond acceptors (Lipinski definition) is 2. The van der Waals surface area contributed by atoms with Gasteiger partial charge in [0.1, 0.15) is 5.82 Å². The van der Waals surface area contributed by atoms with Crippen molar-refractivity contribution in [1.29, 1.82) is 0 Å². The van der Waals surface area contributed by atoms with Crippen LogP contribution < -0.4 is 10.2 Å². The van der Waals surface area contributed by atoms with Gasteiger partial charge in [0.15, 0.2) is 0 Å². The van der Waals surface area contributed by atoms with Gasteiger partial charge in [0, 0.05) is 30.9 Å². The fourth-order valence-electron chi connectivity index (χ4n) is 2.99. The highest BCUT2D eigenvalue weighted by molar-refractivity contribution is 5.94. The molecule has 22 heavy (non-hydrogen) atoms. The van der Waals surface area contributed by atoms with Crippen LogP contribution in [0.25, 0.3) is 0 Å². The summed E-state index contributed by atoms with van der Waals surface area (Å²) in [6.07, 6.45) is 2.45. The normalized spacial score (nSPS) is 14.8. The topological polar surface area (TPSA) is 50.2 Å². The average molecular weight is 302 g/mol. The van der Waals surface area contributed by atoms with Gasteiger partial charge in [0.2, 0.25) is 0 Å². The number of aromatic nitrogens is 2. The molecule has 0 aliphatic carbocycles. The first kappa shape index (κ1) is 14.6. The molecule has 6 heteroatoms. The lowest BCUT2D eigenvalue weighted by Gasteiger charge is -2.21. The molecular weight excluding hydrogens is 283 g/mol. The van der Waals surface area contributed by atoms with E-state index in [0.29, 0.717) is 24.2 Å². The predicted octanol–water partition coefficient (Wildman–Crippen LogP) is 2.70. The zero-order chi connectivity index (χ0) is 15.9. The second-order valence-electron chi connectivity index (χ2n) is 5.65. The molecule has 116 valence electrons. The molecule has 1 aliphatic heterocycles. The summed E-state index contributed by atoms with van der Waals surface area (Å²) < 4.78 is 15.5. The van der Waals surface area contributed by atoms with Crippen LogP contribution in [-0.2, 0) is 13.5 Å². The summed E-state index contributed by atoms with van der Waals surface area (Å²) in [5, 5.41) is 7.25. The van der Waals surface area contributed by atoms with Gasteiger partial charge in [-0.15, -0.1) is 0 Å². The van der Waals surface area contributed by atoms with Crippen LogP contribution in [0.3, 0.4) is 0 Å². The standard InChI is InChI=1S/C16H19FN4O/c1-10(13-9-20(3)19-11(13)2)18-16(22)21-8-7-12-14(17)5-4-6-15(12)21/h4-6,9-10H,7-8H2,1-3H3,(H,18,22). The Balaban J connectivity index is 1.77. The molecule has 1 aromatic carbocycles. The van der Waals surface area contributed by atoms with E-state index in [4.69, 9.17) is 0 Å². The van der Waals surface area contributed by atoms with Gasteiger partial charge in [-0.2, -0.15) is 5.10 Å². The monoisotopic (exact) mass is 302 g/mol. The van der Waals surface area contributed by atoms with E-state index in [9.17, 15) is 9.18 Å². The summed E-state index contributed by atoms with van der Waals surface area (Å²) in [6.45, 7) is 4.34. The smallest absolute Gasteiger partial charge is 0.322 e. The van der Waals surface area contributed by atoms with Gasteiger partial charge >= 0.3 is 6.03 Å². The zero-order valence-corrected chi connectivity index (χ0v) is 12.9. The highest BCUT2D eigenvalue weighted by atomic mass is 19.1.